The molecule has 1 fully saturated rings. The molecule has 0 radical (unpaired) electrons. The molecule has 158 valence electrons. The van der Waals surface area contributed by atoms with Crippen LogP contribution in [0.25, 0.3) is 0 Å². The van der Waals surface area contributed by atoms with E-state index in [9.17, 15) is 4.79 Å². The number of Topliss-reactive ketones (excluding diaryl/α,β-unsaturated/α-hetero) is 1. The van der Waals surface area contributed by atoms with Crippen LogP contribution in [0.5, 0.6) is 0 Å². The third-order valence-electron chi connectivity index (χ3n) is 6.59. The number of hydrogen-bond donors (Lipinski definition) is 0. The van der Waals surface area contributed by atoms with Gasteiger partial charge in [0.2, 0.25) is 0 Å². The van der Waals surface area contributed by atoms with Crippen LogP contribution in [0.2, 0.25) is 0 Å². The third-order valence-corrected chi connectivity index (χ3v) is 6.59. The van der Waals surface area contributed by atoms with Gasteiger partial charge in [-0.25, -0.2) is 4.99 Å². The zero-order valence-corrected chi connectivity index (χ0v) is 19.0. The van der Waals surface area contributed by atoms with Gasteiger partial charge >= 0.3 is 0 Å². The number of fused-ring (bicyclic) bond motifs is 2. The minimum atomic E-state index is -0.289. The van der Waals surface area contributed by atoms with E-state index in [1.54, 1.807) is 6.92 Å². The van der Waals surface area contributed by atoms with Crippen molar-refractivity contribution in [1.82, 2.24) is 9.80 Å². The standard InChI is InChI=1S/C26H33N3O/c1-18-6-8-23-21(14-18)16-22-15-19(2)7-9-24(22)27-25(23)29-12-10-28(11-13-29)17-26(4,5)20(3)30/h6-9,14-15H,10-13,16-17H2,1-5H3. The second-order valence-corrected chi connectivity index (χ2v) is 9.61. The van der Waals surface area contributed by atoms with E-state index in [2.05, 4.69) is 73.9 Å². The largest absolute Gasteiger partial charge is 0.354 e. The minimum Gasteiger partial charge on any atom is -0.354 e. The van der Waals surface area contributed by atoms with E-state index in [4.69, 9.17) is 4.99 Å². The van der Waals surface area contributed by atoms with Crippen molar-refractivity contribution in [3.8, 4) is 0 Å². The Labute approximate surface area is 180 Å². The number of amidine groups is 1. The molecule has 2 heterocycles. The first-order valence-electron chi connectivity index (χ1n) is 11.0. The number of carbonyl (C=O) groups is 1. The number of hydrogen-bond acceptors (Lipinski definition) is 4. The van der Waals surface area contributed by atoms with E-state index >= 15 is 0 Å². The lowest BCUT2D eigenvalue weighted by Crippen LogP contribution is -2.51. The van der Waals surface area contributed by atoms with Crippen LogP contribution >= 0.6 is 0 Å². The molecule has 2 aromatic carbocycles. The number of piperazine rings is 1. The maximum absolute atomic E-state index is 11.9. The van der Waals surface area contributed by atoms with E-state index in [0.29, 0.717) is 0 Å². The normalized spacial score (nSPS) is 17.1. The molecule has 2 aliphatic rings. The molecule has 0 bridgehead atoms. The summed E-state index contributed by atoms with van der Waals surface area (Å²) in [5.41, 5.74) is 7.29. The smallest absolute Gasteiger partial charge is 0.136 e. The Bertz CT molecular complexity index is 997. The average molecular weight is 404 g/mol. The number of ketones is 1. The zero-order chi connectivity index (χ0) is 21.5. The van der Waals surface area contributed by atoms with Gasteiger partial charge in [-0.2, -0.15) is 0 Å². The highest BCUT2D eigenvalue weighted by atomic mass is 16.1. The van der Waals surface area contributed by atoms with Crippen LogP contribution in [-0.4, -0.2) is 54.1 Å². The van der Waals surface area contributed by atoms with Gasteiger partial charge < -0.3 is 4.90 Å². The predicted octanol–water partition coefficient (Wildman–Crippen LogP) is 4.52. The van der Waals surface area contributed by atoms with Crippen molar-refractivity contribution in [2.24, 2.45) is 10.4 Å². The minimum absolute atomic E-state index is 0.259. The summed E-state index contributed by atoms with van der Waals surface area (Å²) in [5.74, 6) is 1.35. The molecule has 30 heavy (non-hydrogen) atoms. The van der Waals surface area contributed by atoms with Gasteiger partial charge in [0.15, 0.2) is 0 Å². The number of nitrogens with zero attached hydrogens (tertiary/aromatic N) is 3. The molecule has 4 nitrogen and oxygen atoms in total. The molecular formula is C26H33N3O. The number of rotatable bonds is 3. The molecule has 0 amide bonds. The van der Waals surface area contributed by atoms with Crippen LogP contribution < -0.4 is 0 Å². The van der Waals surface area contributed by atoms with Crippen LogP contribution in [-0.2, 0) is 11.2 Å². The lowest BCUT2D eigenvalue weighted by Gasteiger charge is -2.39. The fraction of sp³-hybridized carbons (Fsp3) is 0.462. The summed E-state index contributed by atoms with van der Waals surface area (Å²) >= 11 is 0. The van der Waals surface area contributed by atoms with Crippen LogP contribution in [0.15, 0.2) is 41.4 Å². The topological polar surface area (TPSA) is 35.9 Å². The van der Waals surface area contributed by atoms with Gasteiger partial charge in [-0.05, 0) is 38.0 Å². The van der Waals surface area contributed by atoms with Gasteiger partial charge in [-0.3, -0.25) is 9.69 Å². The van der Waals surface area contributed by atoms with Crippen molar-refractivity contribution >= 4 is 17.3 Å². The fourth-order valence-electron chi connectivity index (χ4n) is 4.46. The van der Waals surface area contributed by atoms with Crippen LogP contribution in [0.1, 0.15) is 48.6 Å². The first-order valence-corrected chi connectivity index (χ1v) is 11.0. The molecule has 0 spiro atoms. The van der Waals surface area contributed by atoms with Gasteiger partial charge in [0, 0.05) is 50.1 Å². The van der Waals surface area contributed by atoms with Crippen molar-refractivity contribution in [2.45, 2.75) is 41.0 Å². The van der Waals surface area contributed by atoms with Crippen molar-refractivity contribution < 1.29 is 4.79 Å². The molecule has 2 aromatic rings. The summed E-state index contributed by atoms with van der Waals surface area (Å²) in [4.78, 5) is 22.0. The van der Waals surface area contributed by atoms with Crippen LogP contribution in [0, 0.1) is 19.3 Å². The highest BCUT2D eigenvalue weighted by Gasteiger charge is 2.30. The summed E-state index contributed by atoms with van der Waals surface area (Å²) < 4.78 is 0. The number of carbonyl (C=O) groups excluding carboxylic acids is 1. The Morgan fingerprint density at radius 2 is 1.60 bits per heavy atom. The molecule has 2 aliphatic heterocycles. The highest BCUT2D eigenvalue weighted by Crippen LogP contribution is 2.31. The van der Waals surface area contributed by atoms with Gasteiger partial charge in [-0.1, -0.05) is 55.3 Å². The van der Waals surface area contributed by atoms with E-state index in [1.165, 1.54) is 27.8 Å². The summed E-state index contributed by atoms with van der Waals surface area (Å²) in [6.45, 7) is 14.7. The molecule has 4 rings (SSSR count). The molecule has 4 heteroatoms. The van der Waals surface area contributed by atoms with Gasteiger partial charge in [-0.15, -0.1) is 0 Å². The lowest BCUT2D eigenvalue weighted by molar-refractivity contribution is -0.126. The lowest BCUT2D eigenvalue weighted by atomic mass is 9.88. The number of aliphatic imine (C=N–C) groups is 1. The quantitative estimate of drug-likeness (QED) is 0.756. The molecular weight excluding hydrogens is 370 g/mol. The van der Waals surface area contributed by atoms with E-state index in [1.807, 2.05) is 0 Å². The maximum Gasteiger partial charge on any atom is 0.136 e. The van der Waals surface area contributed by atoms with Gasteiger partial charge in [0.05, 0.1) is 5.69 Å². The second kappa shape index (κ2) is 7.99. The zero-order valence-electron chi connectivity index (χ0n) is 19.0. The summed E-state index contributed by atoms with van der Waals surface area (Å²) in [5, 5.41) is 0. The Balaban J connectivity index is 1.62. The first-order chi connectivity index (χ1) is 14.2. The molecule has 0 unspecified atom stereocenters. The average Bonchev–Trinajstić information content (AvgIpc) is 2.84. The Kier molecular flexibility index (Phi) is 5.54. The summed E-state index contributed by atoms with van der Waals surface area (Å²) in [6, 6.07) is 13.3. The van der Waals surface area contributed by atoms with E-state index < -0.39 is 0 Å². The van der Waals surface area contributed by atoms with Crippen LogP contribution in [0.4, 0.5) is 5.69 Å². The summed E-state index contributed by atoms with van der Waals surface area (Å²) in [6.07, 6.45) is 0.924. The molecule has 0 aliphatic carbocycles. The monoisotopic (exact) mass is 403 g/mol. The van der Waals surface area contributed by atoms with Gasteiger partial charge in [0.1, 0.15) is 11.6 Å². The SMILES string of the molecule is CC(=O)C(C)(C)CN1CCN(C2=Nc3ccc(C)cc3Cc3cc(C)ccc32)CC1. The van der Waals surface area contributed by atoms with Crippen molar-refractivity contribution in [1.29, 1.82) is 0 Å². The van der Waals surface area contributed by atoms with Crippen LogP contribution in [0.3, 0.4) is 0 Å². The molecule has 0 saturated carbocycles. The van der Waals surface area contributed by atoms with Gasteiger partial charge in [0.25, 0.3) is 0 Å². The Morgan fingerprint density at radius 3 is 2.27 bits per heavy atom. The molecule has 0 aromatic heterocycles. The molecule has 1 saturated heterocycles. The molecule has 0 atom stereocenters. The third kappa shape index (κ3) is 4.20. The van der Waals surface area contributed by atoms with E-state index in [-0.39, 0.29) is 11.2 Å². The number of benzene rings is 2. The summed E-state index contributed by atoms with van der Waals surface area (Å²) in [7, 11) is 0. The number of aryl methyl sites for hydroxylation is 2. The Morgan fingerprint density at radius 1 is 0.967 bits per heavy atom. The maximum atomic E-state index is 11.9. The van der Waals surface area contributed by atoms with Crippen molar-refractivity contribution in [3.63, 3.8) is 0 Å². The predicted molar refractivity (Wildman–Crippen MR) is 124 cm³/mol. The first kappa shape index (κ1) is 20.8. The Hall–Kier alpha value is -2.46. The van der Waals surface area contributed by atoms with Crippen molar-refractivity contribution in [2.75, 3.05) is 32.7 Å². The van der Waals surface area contributed by atoms with Crippen molar-refractivity contribution in [3.05, 3.63) is 64.2 Å². The fourth-order valence-corrected chi connectivity index (χ4v) is 4.46. The molecule has 0 N–H and O–H groups in total. The van der Waals surface area contributed by atoms with E-state index in [0.717, 1.165) is 50.7 Å². The second-order valence-electron chi connectivity index (χ2n) is 9.61. The highest BCUT2D eigenvalue weighted by molar-refractivity contribution is 6.02.